The maximum atomic E-state index is 13.0. The van der Waals surface area contributed by atoms with Gasteiger partial charge in [-0.15, -0.1) is 5.10 Å². The lowest BCUT2D eigenvalue weighted by atomic mass is 10.2. The van der Waals surface area contributed by atoms with Crippen LogP contribution in [-0.2, 0) is 6.54 Å². The van der Waals surface area contributed by atoms with E-state index in [1.165, 1.54) is 16.9 Å². The third-order valence-electron chi connectivity index (χ3n) is 2.01. The molecule has 82 valence electrons. The molecule has 0 fully saturated rings. The van der Waals surface area contributed by atoms with Gasteiger partial charge in [-0.1, -0.05) is 11.3 Å². The van der Waals surface area contributed by atoms with Gasteiger partial charge in [0.2, 0.25) is 0 Å². The van der Waals surface area contributed by atoms with Crippen LogP contribution < -0.4 is 0 Å². The SMILES string of the molecule is O=Cc1cn(Cc2ccc(F)c(Br)c2)nn1. The van der Waals surface area contributed by atoms with Gasteiger partial charge in [0, 0.05) is 0 Å². The highest BCUT2D eigenvalue weighted by atomic mass is 79.9. The van der Waals surface area contributed by atoms with Crippen LogP contribution in [0.1, 0.15) is 16.1 Å². The Morgan fingerprint density at radius 1 is 1.50 bits per heavy atom. The lowest BCUT2D eigenvalue weighted by Crippen LogP contribution is -2.00. The average Bonchev–Trinajstić information content (AvgIpc) is 2.71. The molecular formula is C10H7BrFN3O. The van der Waals surface area contributed by atoms with Gasteiger partial charge in [-0.05, 0) is 33.6 Å². The lowest BCUT2D eigenvalue weighted by Gasteiger charge is -2.02. The van der Waals surface area contributed by atoms with Crippen molar-refractivity contribution in [2.45, 2.75) is 6.54 Å². The second kappa shape index (κ2) is 4.52. The van der Waals surface area contributed by atoms with E-state index in [9.17, 15) is 9.18 Å². The molecule has 0 aliphatic rings. The van der Waals surface area contributed by atoms with Crippen LogP contribution in [0.15, 0.2) is 28.9 Å². The van der Waals surface area contributed by atoms with Crippen LogP contribution in [0.4, 0.5) is 4.39 Å². The van der Waals surface area contributed by atoms with Crippen LogP contribution in [0, 0.1) is 5.82 Å². The first kappa shape index (κ1) is 10.9. The van der Waals surface area contributed by atoms with Crippen LogP contribution >= 0.6 is 15.9 Å². The van der Waals surface area contributed by atoms with E-state index in [1.807, 2.05) is 0 Å². The van der Waals surface area contributed by atoms with Gasteiger partial charge in [-0.25, -0.2) is 9.07 Å². The van der Waals surface area contributed by atoms with Gasteiger partial charge in [0.15, 0.2) is 6.29 Å². The lowest BCUT2D eigenvalue weighted by molar-refractivity contribution is 0.111. The maximum absolute atomic E-state index is 13.0. The molecule has 2 aromatic rings. The first-order chi connectivity index (χ1) is 7.69. The number of aromatic nitrogens is 3. The first-order valence-corrected chi connectivity index (χ1v) is 5.27. The molecule has 16 heavy (non-hydrogen) atoms. The van der Waals surface area contributed by atoms with Crippen molar-refractivity contribution in [3.63, 3.8) is 0 Å². The topological polar surface area (TPSA) is 47.8 Å². The Labute approximate surface area is 99.2 Å². The molecule has 0 spiro atoms. The van der Waals surface area contributed by atoms with Crippen molar-refractivity contribution in [2.75, 3.05) is 0 Å². The number of aldehydes is 1. The van der Waals surface area contributed by atoms with Crippen LogP contribution in [0.5, 0.6) is 0 Å². The largest absolute Gasteiger partial charge is 0.296 e. The van der Waals surface area contributed by atoms with Crippen molar-refractivity contribution in [1.82, 2.24) is 15.0 Å². The highest BCUT2D eigenvalue weighted by Gasteiger charge is 2.03. The van der Waals surface area contributed by atoms with Crippen molar-refractivity contribution in [1.29, 1.82) is 0 Å². The number of carbonyl (C=O) groups excluding carboxylic acids is 1. The molecule has 1 heterocycles. The molecule has 1 aromatic heterocycles. The smallest absolute Gasteiger partial charge is 0.171 e. The summed E-state index contributed by atoms with van der Waals surface area (Å²) in [5.41, 5.74) is 1.15. The zero-order valence-corrected chi connectivity index (χ0v) is 9.69. The summed E-state index contributed by atoms with van der Waals surface area (Å²) in [4.78, 5) is 10.4. The number of carbonyl (C=O) groups is 1. The van der Waals surface area contributed by atoms with Gasteiger partial charge in [-0.2, -0.15) is 0 Å². The molecule has 0 aliphatic carbocycles. The second-order valence-electron chi connectivity index (χ2n) is 3.21. The summed E-state index contributed by atoms with van der Waals surface area (Å²) in [6.07, 6.45) is 2.16. The molecule has 2 rings (SSSR count). The highest BCUT2D eigenvalue weighted by molar-refractivity contribution is 9.10. The fourth-order valence-corrected chi connectivity index (χ4v) is 1.70. The van der Waals surface area contributed by atoms with E-state index in [4.69, 9.17) is 0 Å². The third kappa shape index (κ3) is 2.33. The minimum Gasteiger partial charge on any atom is -0.296 e. The summed E-state index contributed by atoms with van der Waals surface area (Å²) >= 11 is 3.10. The zero-order chi connectivity index (χ0) is 11.5. The van der Waals surface area contributed by atoms with E-state index < -0.39 is 0 Å². The van der Waals surface area contributed by atoms with Crippen LogP contribution in [0.3, 0.4) is 0 Å². The van der Waals surface area contributed by atoms with Gasteiger partial charge in [0.05, 0.1) is 17.2 Å². The summed E-state index contributed by atoms with van der Waals surface area (Å²) < 4.78 is 14.9. The summed E-state index contributed by atoms with van der Waals surface area (Å²) in [6, 6.07) is 4.69. The Morgan fingerprint density at radius 2 is 2.31 bits per heavy atom. The van der Waals surface area contributed by atoms with E-state index in [0.29, 0.717) is 17.3 Å². The number of nitrogens with zero attached hydrogens (tertiary/aromatic N) is 3. The summed E-state index contributed by atoms with van der Waals surface area (Å²) in [7, 11) is 0. The monoisotopic (exact) mass is 283 g/mol. The fourth-order valence-electron chi connectivity index (χ4n) is 1.27. The van der Waals surface area contributed by atoms with Gasteiger partial charge < -0.3 is 0 Å². The highest BCUT2D eigenvalue weighted by Crippen LogP contribution is 2.17. The van der Waals surface area contributed by atoms with E-state index >= 15 is 0 Å². The second-order valence-corrected chi connectivity index (χ2v) is 4.06. The minimum atomic E-state index is -0.309. The molecule has 0 atom stereocenters. The molecule has 0 saturated carbocycles. The summed E-state index contributed by atoms with van der Waals surface area (Å²) in [5, 5.41) is 7.39. The normalized spacial score (nSPS) is 10.4. The Balaban J connectivity index is 2.20. The molecule has 0 bridgehead atoms. The fraction of sp³-hybridized carbons (Fsp3) is 0.100. The minimum absolute atomic E-state index is 0.279. The maximum Gasteiger partial charge on any atom is 0.171 e. The zero-order valence-electron chi connectivity index (χ0n) is 8.10. The quantitative estimate of drug-likeness (QED) is 0.810. The Bertz CT molecular complexity index is 527. The molecule has 0 unspecified atom stereocenters. The van der Waals surface area contributed by atoms with Crippen molar-refractivity contribution in [2.24, 2.45) is 0 Å². The van der Waals surface area contributed by atoms with Crippen molar-refractivity contribution < 1.29 is 9.18 Å². The number of hydrogen-bond donors (Lipinski definition) is 0. The molecular weight excluding hydrogens is 277 g/mol. The number of benzene rings is 1. The predicted octanol–water partition coefficient (Wildman–Crippen LogP) is 2.04. The van der Waals surface area contributed by atoms with E-state index in [2.05, 4.69) is 26.2 Å². The van der Waals surface area contributed by atoms with E-state index in [-0.39, 0.29) is 11.5 Å². The summed E-state index contributed by atoms with van der Waals surface area (Å²) in [6.45, 7) is 0.444. The first-order valence-electron chi connectivity index (χ1n) is 4.48. The Morgan fingerprint density at radius 3 is 2.94 bits per heavy atom. The standard InChI is InChI=1S/C10H7BrFN3O/c11-9-3-7(1-2-10(9)12)4-15-5-8(6-16)13-14-15/h1-3,5-6H,4H2. The molecule has 1 aromatic carbocycles. The van der Waals surface area contributed by atoms with Gasteiger partial charge in [0.25, 0.3) is 0 Å². The molecule has 6 heteroatoms. The molecule has 0 saturated heterocycles. The van der Waals surface area contributed by atoms with Crippen LogP contribution in [0.25, 0.3) is 0 Å². The number of hydrogen-bond acceptors (Lipinski definition) is 3. The molecule has 0 N–H and O–H groups in total. The van der Waals surface area contributed by atoms with Gasteiger partial charge >= 0.3 is 0 Å². The summed E-state index contributed by atoms with van der Waals surface area (Å²) in [5.74, 6) is -0.309. The van der Waals surface area contributed by atoms with E-state index in [0.717, 1.165) is 5.56 Å². The van der Waals surface area contributed by atoms with Gasteiger partial charge in [0.1, 0.15) is 11.5 Å². The van der Waals surface area contributed by atoms with Crippen molar-refractivity contribution in [3.05, 3.63) is 45.9 Å². The van der Waals surface area contributed by atoms with E-state index in [1.54, 1.807) is 12.1 Å². The molecule has 0 radical (unpaired) electrons. The molecule has 0 aliphatic heterocycles. The number of halogens is 2. The van der Waals surface area contributed by atoms with Crippen molar-refractivity contribution in [3.8, 4) is 0 Å². The van der Waals surface area contributed by atoms with Crippen LogP contribution in [0.2, 0.25) is 0 Å². The average molecular weight is 284 g/mol. The third-order valence-corrected chi connectivity index (χ3v) is 2.61. The van der Waals surface area contributed by atoms with Crippen LogP contribution in [-0.4, -0.2) is 21.3 Å². The van der Waals surface area contributed by atoms with Gasteiger partial charge in [-0.3, -0.25) is 4.79 Å². The number of rotatable bonds is 3. The molecule has 4 nitrogen and oxygen atoms in total. The van der Waals surface area contributed by atoms with Crippen molar-refractivity contribution >= 4 is 22.2 Å². The predicted molar refractivity (Wildman–Crippen MR) is 58.6 cm³/mol. The molecule has 0 amide bonds. The Kier molecular flexibility index (Phi) is 3.09. The Hall–Kier alpha value is -1.56.